The van der Waals surface area contributed by atoms with Crippen LogP contribution in [0.15, 0.2) is 65.6 Å². The molecule has 0 atom stereocenters. The molecular formula is C23H22ClN5O. The molecule has 3 aromatic rings. The molecule has 30 heavy (non-hydrogen) atoms. The molecule has 4 rings (SSSR count). The molecular weight excluding hydrogens is 398 g/mol. The minimum atomic E-state index is -0.272. The maximum atomic E-state index is 12.8. The fourth-order valence-corrected chi connectivity index (χ4v) is 3.98. The standard InChI is InChI=1S/C23H22ClN5O/c24-22-21(16-26-29(23(22)30)17-19-5-2-1-3-6-19)28-12-4-11-27(13-14-28)20-9-7-18(15-25)8-10-20/h1-3,5-10,16H,4,11-14,17H2. The summed E-state index contributed by atoms with van der Waals surface area (Å²) in [7, 11) is 0. The van der Waals surface area contributed by atoms with Gasteiger partial charge in [0.05, 0.1) is 30.1 Å². The topological polar surface area (TPSA) is 65.2 Å². The molecule has 1 aliphatic rings. The van der Waals surface area contributed by atoms with Gasteiger partial charge in [0.25, 0.3) is 5.56 Å². The highest BCUT2D eigenvalue weighted by Gasteiger charge is 2.20. The van der Waals surface area contributed by atoms with Gasteiger partial charge in [0.2, 0.25) is 0 Å². The van der Waals surface area contributed by atoms with Crippen LogP contribution in [0.1, 0.15) is 17.5 Å². The SMILES string of the molecule is N#Cc1ccc(N2CCCN(c3cnn(Cc4ccccc4)c(=O)c3Cl)CC2)cc1. The summed E-state index contributed by atoms with van der Waals surface area (Å²) < 4.78 is 1.40. The lowest BCUT2D eigenvalue weighted by atomic mass is 10.2. The third-order valence-electron chi connectivity index (χ3n) is 5.34. The highest BCUT2D eigenvalue weighted by atomic mass is 35.5. The summed E-state index contributed by atoms with van der Waals surface area (Å²) in [5, 5.41) is 13.6. The van der Waals surface area contributed by atoms with Gasteiger partial charge in [-0.15, -0.1) is 0 Å². The molecule has 2 aromatic carbocycles. The molecule has 0 radical (unpaired) electrons. The van der Waals surface area contributed by atoms with Crippen LogP contribution >= 0.6 is 11.6 Å². The largest absolute Gasteiger partial charge is 0.370 e. The van der Waals surface area contributed by atoms with E-state index < -0.39 is 0 Å². The predicted molar refractivity (Wildman–Crippen MR) is 119 cm³/mol. The van der Waals surface area contributed by atoms with Crippen LogP contribution in [-0.2, 0) is 6.54 Å². The zero-order valence-corrected chi connectivity index (χ0v) is 17.3. The third kappa shape index (κ3) is 4.32. The molecule has 2 heterocycles. The number of rotatable bonds is 4. The fraction of sp³-hybridized carbons (Fsp3) is 0.261. The normalized spacial score (nSPS) is 14.3. The minimum Gasteiger partial charge on any atom is -0.370 e. The second-order valence-electron chi connectivity index (χ2n) is 7.28. The highest BCUT2D eigenvalue weighted by molar-refractivity contribution is 6.33. The summed E-state index contributed by atoms with van der Waals surface area (Å²) >= 11 is 6.48. The molecule has 0 unspecified atom stereocenters. The zero-order chi connectivity index (χ0) is 20.9. The van der Waals surface area contributed by atoms with Crippen molar-refractivity contribution in [2.24, 2.45) is 0 Å². The van der Waals surface area contributed by atoms with Crippen molar-refractivity contribution in [3.8, 4) is 6.07 Å². The van der Waals surface area contributed by atoms with Crippen LogP contribution in [0.4, 0.5) is 11.4 Å². The number of nitrogens with zero attached hydrogens (tertiary/aromatic N) is 5. The lowest BCUT2D eigenvalue weighted by Crippen LogP contribution is -2.33. The van der Waals surface area contributed by atoms with Gasteiger partial charge >= 0.3 is 0 Å². The number of aromatic nitrogens is 2. The van der Waals surface area contributed by atoms with E-state index >= 15 is 0 Å². The summed E-state index contributed by atoms with van der Waals surface area (Å²) in [5.41, 5.74) is 3.17. The molecule has 152 valence electrons. The molecule has 7 heteroatoms. The molecule has 0 spiro atoms. The Morgan fingerprint density at radius 1 is 0.967 bits per heavy atom. The van der Waals surface area contributed by atoms with Gasteiger partial charge in [0.15, 0.2) is 0 Å². The van der Waals surface area contributed by atoms with Gasteiger partial charge in [-0.3, -0.25) is 4.79 Å². The second-order valence-corrected chi connectivity index (χ2v) is 7.66. The Morgan fingerprint density at radius 3 is 2.40 bits per heavy atom. The first-order valence-electron chi connectivity index (χ1n) is 9.95. The maximum absolute atomic E-state index is 12.8. The molecule has 0 bridgehead atoms. The van der Waals surface area contributed by atoms with Crippen molar-refractivity contribution in [1.82, 2.24) is 9.78 Å². The third-order valence-corrected chi connectivity index (χ3v) is 5.70. The number of hydrogen-bond acceptors (Lipinski definition) is 5. The molecule has 0 saturated carbocycles. The Balaban J connectivity index is 1.49. The average molecular weight is 420 g/mol. The van der Waals surface area contributed by atoms with Gasteiger partial charge in [0, 0.05) is 31.9 Å². The van der Waals surface area contributed by atoms with E-state index in [4.69, 9.17) is 16.9 Å². The highest BCUT2D eigenvalue weighted by Crippen LogP contribution is 2.24. The van der Waals surface area contributed by atoms with Crippen LogP contribution in [0.2, 0.25) is 5.02 Å². The lowest BCUT2D eigenvalue weighted by molar-refractivity contribution is 0.636. The van der Waals surface area contributed by atoms with Gasteiger partial charge in [-0.1, -0.05) is 41.9 Å². The van der Waals surface area contributed by atoms with Crippen LogP contribution in [0, 0.1) is 11.3 Å². The van der Waals surface area contributed by atoms with Crippen molar-refractivity contribution >= 4 is 23.0 Å². The Morgan fingerprint density at radius 2 is 1.67 bits per heavy atom. The number of hydrogen-bond donors (Lipinski definition) is 0. The molecule has 0 amide bonds. The van der Waals surface area contributed by atoms with E-state index in [1.165, 1.54) is 4.68 Å². The first-order valence-corrected chi connectivity index (χ1v) is 10.3. The van der Waals surface area contributed by atoms with Gasteiger partial charge in [-0.2, -0.15) is 10.4 Å². The van der Waals surface area contributed by atoms with E-state index in [0.29, 0.717) is 17.8 Å². The van der Waals surface area contributed by atoms with Gasteiger partial charge in [-0.25, -0.2) is 4.68 Å². The summed E-state index contributed by atoms with van der Waals surface area (Å²) in [6, 6.07) is 19.5. The van der Waals surface area contributed by atoms with Crippen molar-refractivity contribution in [2.45, 2.75) is 13.0 Å². The summed E-state index contributed by atoms with van der Waals surface area (Å²) in [6.45, 7) is 3.64. The second kappa shape index (κ2) is 9.02. The minimum absolute atomic E-state index is 0.216. The van der Waals surface area contributed by atoms with Crippen LogP contribution in [0.5, 0.6) is 0 Å². The molecule has 0 N–H and O–H groups in total. The smallest absolute Gasteiger partial charge is 0.287 e. The fourth-order valence-electron chi connectivity index (χ4n) is 3.71. The predicted octanol–water partition coefficient (Wildman–Crippen LogP) is 3.53. The van der Waals surface area contributed by atoms with Crippen LogP contribution < -0.4 is 15.4 Å². The van der Waals surface area contributed by atoms with Crippen molar-refractivity contribution in [1.29, 1.82) is 5.26 Å². The zero-order valence-electron chi connectivity index (χ0n) is 16.5. The first kappa shape index (κ1) is 20.0. The van der Waals surface area contributed by atoms with E-state index in [9.17, 15) is 4.79 Å². The van der Waals surface area contributed by atoms with E-state index in [0.717, 1.165) is 43.9 Å². The van der Waals surface area contributed by atoms with Gasteiger partial charge < -0.3 is 9.80 Å². The maximum Gasteiger partial charge on any atom is 0.287 e. The van der Waals surface area contributed by atoms with Crippen molar-refractivity contribution in [3.05, 3.63) is 87.3 Å². The Hall–Kier alpha value is -3.30. The summed E-state index contributed by atoms with van der Waals surface area (Å²) in [6.07, 6.45) is 2.63. The molecule has 1 saturated heterocycles. The number of nitriles is 1. The van der Waals surface area contributed by atoms with E-state index in [1.807, 2.05) is 54.6 Å². The quantitative estimate of drug-likeness (QED) is 0.647. The van der Waals surface area contributed by atoms with Gasteiger partial charge in [0.1, 0.15) is 5.02 Å². The van der Waals surface area contributed by atoms with Crippen molar-refractivity contribution < 1.29 is 0 Å². The number of benzene rings is 2. The summed E-state index contributed by atoms with van der Waals surface area (Å²) in [5.74, 6) is 0. The molecule has 6 nitrogen and oxygen atoms in total. The van der Waals surface area contributed by atoms with Crippen molar-refractivity contribution in [2.75, 3.05) is 36.0 Å². The number of anilines is 2. The molecule has 1 aromatic heterocycles. The van der Waals surface area contributed by atoms with Crippen molar-refractivity contribution in [3.63, 3.8) is 0 Å². The monoisotopic (exact) mass is 419 g/mol. The average Bonchev–Trinajstić information content (AvgIpc) is 3.04. The first-order chi connectivity index (χ1) is 14.7. The molecule has 1 aliphatic heterocycles. The van der Waals surface area contributed by atoms with Crippen LogP contribution in [-0.4, -0.2) is 36.0 Å². The molecule has 1 fully saturated rings. The van der Waals surface area contributed by atoms with Crippen LogP contribution in [0.3, 0.4) is 0 Å². The summed E-state index contributed by atoms with van der Waals surface area (Å²) in [4.78, 5) is 17.2. The Bertz CT molecular complexity index is 1110. The van der Waals surface area contributed by atoms with E-state index in [2.05, 4.69) is 21.0 Å². The number of halogens is 1. The lowest BCUT2D eigenvalue weighted by Gasteiger charge is -2.25. The van der Waals surface area contributed by atoms with Crippen LogP contribution in [0.25, 0.3) is 0 Å². The van der Waals surface area contributed by atoms with Gasteiger partial charge in [-0.05, 0) is 36.2 Å². The molecule has 0 aliphatic carbocycles. The van der Waals surface area contributed by atoms with E-state index in [1.54, 1.807) is 6.20 Å². The Kier molecular flexibility index (Phi) is 6.01. The Labute approximate surface area is 180 Å². The van der Waals surface area contributed by atoms with E-state index in [-0.39, 0.29) is 10.6 Å².